The Morgan fingerprint density at radius 2 is 1.84 bits per heavy atom. The minimum absolute atomic E-state index is 0.00644. The van der Waals surface area contributed by atoms with E-state index in [1.54, 1.807) is 23.1 Å². The van der Waals surface area contributed by atoms with E-state index in [1.807, 2.05) is 20.8 Å². The number of nitro benzene ring substituents is 1. The molecule has 12 heteroatoms. The molecule has 206 valence electrons. The zero-order valence-electron chi connectivity index (χ0n) is 21.4. The molecule has 1 heterocycles. The van der Waals surface area contributed by atoms with Gasteiger partial charge in [-0.2, -0.15) is 0 Å². The van der Waals surface area contributed by atoms with Crippen LogP contribution in [0.1, 0.15) is 45.2 Å². The number of nitrogens with zero attached hydrogens (tertiary/aromatic N) is 2. The van der Waals surface area contributed by atoms with Crippen LogP contribution >= 0.6 is 23.2 Å². The summed E-state index contributed by atoms with van der Waals surface area (Å²) in [6.45, 7) is 10.4. The molecule has 1 N–H and O–H groups in total. The Morgan fingerprint density at radius 1 is 1.24 bits per heavy atom. The zero-order valence-corrected chi connectivity index (χ0v) is 23.8. The number of carbonyl (C=O) groups is 1. The first-order chi connectivity index (χ1) is 17.9. The molecule has 1 saturated heterocycles. The van der Waals surface area contributed by atoms with Crippen molar-refractivity contribution in [3.63, 3.8) is 0 Å². The summed E-state index contributed by atoms with van der Waals surface area (Å²) in [5, 5.41) is 11.5. The fourth-order valence-corrected chi connectivity index (χ4v) is 5.21. The molecule has 2 aromatic carbocycles. The van der Waals surface area contributed by atoms with Crippen molar-refractivity contribution in [3.8, 4) is 11.5 Å². The van der Waals surface area contributed by atoms with Crippen LogP contribution in [-0.4, -0.2) is 44.6 Å². The number of nitrogens with one attached hydrogen (secondary N) is 1. The Balaban J connectivity index is 1.79. The van der Waals surface area contributed by atoms with Crippen LogP contribution in [0.3, 0.4) is 0 Å². The molecule has 0 spiro atoms. The van der Waals surface area contributed by atoms with Gasteiger partial charge in [-0.3, -0.25) is 10.1 Å². The summed E-state index contributed by atoms with van der Waals surface area (Å²) >= 11 is 12.6. The highest BCUT2D eigenvalue weighted by Crippen LogP contribution is 2.40. The first kappa shape index (κ1) is 29.9. The van der Waals surface area contributed by atoms with E-state index in [1.165, 1.54) is 24.3 Å². The standard InChI is InChI=1S/C26H31Cl2N3O6S/c1-5-14-36-23-16-22(28)21(27)15-20(23)24(29-38(35)26(2,3)4)17-10-12-30(13-11-17)25(32)37-19-8-6-18(7-9-19)31(33)34/h5-9,15-17,24,29H,1,10-14H2,2-4H3/t24-,38+/m1/s1. The van der Waals surface area contributed by atoms with Gasteiger partial charge in [0, 0.05) is 36.9 Å². The van der Waals surface area contributed by atoms with Gasteiger partial charge in [-0.15, -0.1) is 0 Å². The lowest BCUT2D eigenvalue weighted by atomic mass is 9.85. The summed E-state index contributed by atoms with van der Waals surface area (Å²) in [5.74, 6) is 0.735. The van der Waals surface area contributed by atoms with E-state index in [0.29, 0.717) is 41.7 Å². The molecule has 0 aliphatic carbocycles. The Kier molecular flexibility index (Phi) is 10.2. The van der Waals surface area contributed by atoms with Gasteiger partial charge in [-0.25, -0.2) is 13.7 Å². The number of nitro groups is 1. The third-order valence-corrected chi connectivity index (χ3v) is 8.36. The number of rotatable bonds is 9. The molecule has 0 radical (unpaired) electrons. The second-order valence-corrected chi connectivity index (χ2v) is 12.6. The topological polar surface area (TPSA) is 111 Å². The van der Waals surface area contributed by atoms with Crippen molar-refractivity contribution in [3.05, 3.63) is 74.8 Å². The molecule has 1 fully saturated rings. The normalized spacial score (nSPS) is 16.0. The lowest BCUT2D eigenvalue weighted by Gasteiger charge is -2.37. The molecule has 0 unspecified atom stereocenters. The molecule has 0 bridgehead atoms. The van der Waals surface area contributed by atoms with E-state index in [9.17, 15) is 19.1 Å². The van der Waals surface area contributed by atoms with Crippen LogP contribution in [0.2, 0.25) is 10.0 Å². The fraction of sp³-hybridized carbons (Fsp3) is 0.423. The van der Waals surface area contributed by atoms with Crippen LogP contribution in [0.4, 0.5) is 10.5 Å². The van der Waals surface area contributed by atoms with Crippen molar-refractivity contribution in [2.75, 3.05) is 19.7 Å². The first-order valence-corrected chi connectivity index (χ1v) is 13.9. The third kappa shape index (κ3) is 7.69. The molecule has 2 atom stereocenters. The van der Waals surface area contributed by atoms with Crippen LogP contribution in [0, 0.1) is 16.0 Å². The van der Waals surface area contributed by atoms with Gasteiger partial charge >= 0.3 is 6.09 Å². The first-order valence-electron chi connectivity index (χ1n) is 12.0. The van der Waals surface area contributed by atoms with E-state index in [-0.39, 0.29) is 24.0 Å². The van der Waals surface area contributed by atoms with E-state index in [2.05, 4.69) is 11.3 Å². The van der Waals surface area contributed by atoms with Gasteiger partial charge in [-0.1, -0.05) is 35.9 Å². The number of piperidine rings is 1. The third-order valence-electron chi connectivity index (χ3n) is 6.06. The number of benzene rings is 2. The number of ether oxygens (including phenoxy) is 2. The lowest BCUT2D eigenvalue weighted by Crippen LogP contribution is -2.45. The number of non-ortho nitro benzene ring substituents is 1. The van der Waals surface area contributed by atoms with Crippen LogP contribution in [-0.2, 0) is 11.0 Å². The van der Waals surface area contributed by atoms with Gasteiger partial charge in [-0.05, 0) is 57.7 Å². The molecule has 1 aliphatic rings. The average Bonchev–Trinajstić information content (AvgIpc) is 2.87. The summed E-state index contributed by atoms with van der Waals surface area (Å²) < 4.78 is 27.2. The van der Waals surface area contributed by atoms with Crippen molar-refractivity contribution in [1.82, 2.24) is 9.62 Å². The summed E-state index contributed by atoms with van der Waals surface area (Å²) in [5.41, 5.74) is 0.640. The predicted octanol–water partition coefficient (Wildman–Crippen LogP) is 6.47. The highest BCUT2D eigenvalue weighted by molar-refractivity contribution is 7.84. The number of hydrogen-bond donors (Lipinski definition) is 1. The number of hydrogen-bond acceptors (Lipinski definition) is 6. The quantitative estimate of drug-likeness (QED) is 0.206. The zero-order chi connectivity index (χ0) is 28.0. The molecule has 3 rings (SSSR count). The summed E-state index contributed by atoms with van der Waals surface area (Å²) in [6, 6.07) is 8.33. The van der Waals surface area contributed by atoms with Crippen molar-refractivity contribution < 1.29 is 23.4 Å². The second kappa shape index (κ2) is 12.9. The van der Waals surface area contributed by atoms with Gasteiger partial charge in [0.2, 0.25) is 0 Å². The predicted molar refractivity (Wildman–Crippen MR) is 149 cm³/mol. The maximum Gasteiger partial charge on any atom is 0.415 e. The molecule has 0 saturated carbocycles. The number of halogens is 2. The Labute approximate surface area is 234 Å². The average molecular weight is 585 g/mol. The van der Waals surface area contributed by atoms with Crippen molar-refractivity contribution >= 4 is 46.0 Å². The molecule has 1 amide bonds. The summed E-state index contributed by atoms with van der Waals surface area (Å²) in [7, 11) is -1.40. The molecule has 38 heavy (non-hydrogen) atoms. The van der Waals surface area contributed by atoms with Crippen LogP contribution in [0.5, 0.6) is 11.5 Å². The monoisotopic (exact) mass is 583 g/mol. The van der Waals surface area contributed by atoms with Crippen molar-refractivity contribution in [2.24, 2.45) is 5.92 Å². The van der Waals surface area contributed by atoms with Gasteiger partial charge in [0.1, 0.15) is 18.1 Å². The number of likely N-dealkylation sites (tertiary alicyclic amines) is 1. The maximum atomic E-state index is 13.2. The summed E-state index contributed by atoms with van der Waals surface area (Å²) in [4.78, 5) is 24.6. The van der Waals surface area contributed by atoms with Gasteiger partial charge in [0.25, 0.3) is 5.69 Å². The molecule has 2 aromatic rings. The Morgan fingerprint density at radius 3 is 2.39 bits per heavy atom. The molecular formula is C26H31Cl2N3O6S. The van der Waals surface area contributed by atoms with Gasteiger partial charge in [0.05, 0.1) is 36.7 Å². The molecule has 9 nitrogen and oxygen atoms in total. The van der Waals surface area contributed by atoms with Crippen LogP contribution in [0.15, 0.2) is 49.1 Å². The van der Waals surface area contributed by atoms with Crippen LogP contribution < -0.4 is 14.2 Å². The smallest absolute Gasteiger partial charge is 0.415 e. The Bertz CT molecular complexity index is 1190. The molecule has 1 aliphatic heterocycles. The highest BCUT2D eigenvalue weighted by Gasteiger charge is 2.35. The lowest BCUT2D eigenvalue weighted by molar-refractivity contribution is -0.384. The summed E-state index contributed by atoms with van der Waals surface area (Å²) in [6.07, 6.45) is 2.27. The van der Waals surface area contributed by atoms with Gasteiger partial charge < -0.3 is 14.4 Å². The van der Waals surface area contributed by atoms with Gasteiger partial charge in [0.15, 0.2) is 0 Å². The minimum atomic E-state index is -1.40. The fourth-order valence-electron chi connectivity index (χ4n) is 3.98. The minimum Gasteiger partial charge on any atom is -0.489 e. The van der Waals surface area contributed by atoms with Crippen LogP contribution in [0.25, 0.3) is 0 Å². The largest absolute Gasteiger partial charge is 0.489 e. The number of carbonyl (C=O) groups excluding carboxylic acids is 1. The van der Waals surface area contributed by atoms with E-state index in [4.69, 9.17) is 32.7 Å². The van der Waals surface area contributed by atoms with E-state index in [0.717, 1.165) is 5.56 Å². The van der Waals surface area contributed by atoms with E-state index < -0.39 is 32.8 Å². The SMILES string of the molecule is C=CCOc1cc(Cl)c(Cl)cc1[C@H](N[S@@](=O)C(C)(C)C)C1CCN(C(=O)Oc2ccc([N+](=O)[O-])cc2)CC1. The molecular weight excluding hydrogens is 553 g/mol. The second-order valence-electron chi connectivity index (χ2n) is 9.82. The number of amides is 1. The Hall–Kier alpha value is -2.66. The molecule has 0 aromatic heterocycles. The highest BCUT2D eigenvalue weighted by atomic mass is 35.5. The maximum absolute atomic E-state index is 13.2. The van der Waals surface area contributed by atoms with Crippen molar-refractivity contribution in [1.29, 1.82) is 0 Å². The van der Waals surface area contributed by atoms with Crippen molar-refractivity contribution in [2.45, 2.75) is 44.4 Å². The van der Waals surface area contributed by atoms with E-state index >= 15 is 0 Å².